The van der Waals surface area contributed by atoms with Crippen LogP contribution >= 0.6 is 11.8 Å². The van der Waals surface area contributed by atoms with Crippen LogP contribution in [-0.4, -0.2) is 28.8 Å². The lowest BCUT2D eigenvalue weighted by Gasteiger charge is -2.12. The van der Waals surface area contributed by atoms with E-state index in [2.05, 4.69) is 13.8 Å². The van der Waals surface area contributed by atoms with E-state index < -0.39 is 0 Å². The van der Waals surface area contributed by atoms with E-state index >= 15 is 0 Å². The molecule has 0 amide bonds. The van der Waals surface area contributed by atoms with Gasteiger partial charge >= 0.3 is 0 Å². The van der Waals surface area contributed by atoms with Crippen molar-refractivity contribution in [2.75, 3.05) is 12.4 Å². The molecule has 0 saturated heterocycles. The molecule has 0 rings (SSSR count). The quantitative estimate of drug-likeness (QED) is 0.641. The molecule has 2 unspecified atom stereocenters. The van der Waals surface area contributed by atoms with Gasteiger partial charge < -0.3 is 10.8 Å². The van der Waals surface area contributed by atoms with Crippen molar-refractivity contribution < 1.29 is 5.11 Å². The molecule has 0 radical (unpaired) electrons. The molecule has 0 fully saturated rings. The highest BCUT2D eigenvalue weighted by molar-refractivity contribution is 7.99. The highest BCUT2D eigenvalue weighted by Gasteiger charge is 2.04. The minimum absolute atomic E-state index is 0.166. The van der Waals surface area contributed by atoms with Gasteiger partial charge in [-0.25, -0.2) is 0 Å². The predicted octanol–water partition coefficient (Wildman–Crippen LogP) is 1.23. The first-order chi connectivity index (χ1) is 5.20. The van der Waals surface area contributed by atoms with E-state index in [1.165, 1.54) is 6.42 Å². The molecule has 0 aliphatic rings. The molecule has 2 atom stereocenters. The van der Waals surface area contributed by atoms with Crippen molar-refractivity contribution in [3.05, 3.63) is 0 Å². The number of thioether (sulfide) groups is 1. The second-order valence-corrected chi connectivity index (χ2v) is 4.30. The SMILES string of the molecule is CCC(C)SCC(N)CCO. The molecule has 0 aromatic heterocycles. The zero-order chi connectivity index (χ0) is 8.69. The third-order valence-corrected chi connectivity index (χ3v) is 3.19. The Morgan fingerprint density at radius 3 is 2.64 bits per heavy atom. The minimum atomic E-state index is 0.166. The van der Waals surface area contributed by atoms with Gasteiger partial charge in [0.05, 0.1) is 0 Å². The van der Waals surface area contributed by atoms with Gasteiger partial charge in [0.1, 0.15) is 0 Å². The van der Waals surface area contributed by atoms with Crippen LogP contribution in [0.3, 0.4) is 0 Å². The third-order valence-electron chi connectivity index (χ3n) is 1.67. The Bertz CT molecular complexity index is 90.2. The van der Waals surface area contributed by atoms with Crippen molar-refractivity contribution in [2.24, 2.45) is 5.73 Å². The third kappa shape index (κ3) is 6.66. The van der Waals surface area contributed by atoms with Gasteiger partial charge in [-0.05, 0) is 12.8 Å². The molecule has 11 heavy (non-hydrogen) atoms. The molecular formula is C8H19NOS. The summed E-state index contributed by atoms with van der Waals surface area (Å²) in [6.07, 6.45) is 1.92. The second kappa shape index (κ2) is 6.95. The van der Waals surface area contributed by atoms with Gasteiger partial charge in [0, 0.05) is 23.7 Å². The van der Waals surface area contributed by atoms with Crippen LogP contribution in [0.15, 0.2) is 0 Å². The monoisotopic (exact) mass is 177 g/mol. The number of aliphatic hydroxyl groups excluding tert-OH is 1. The number of hydrogen-bond acceptors (Lipinski definition) is 3. The van der Waals surface area contributed by atoms with Crippen molar-refractivity contribution in [1.29, 1.82) is 0 Å². The van der Waals surface area contributed by atoms with Gasteiger partial charge in [-0.2, -0.15) is 11.8 Å². The Balaban J connectivity index is 3.22. The summed E-state index contributed by atoms with van der Waals surface area (Å²) in [5, 5.41) is 9.26. The highest BCUT2D eigenvalue weighted by Crippen LogP contribution is 2.14. The number of rotatable bonds is 6. The van der Waals surface area contributed by atoms with E-state index in [9.17, 15) is 0 Å². The van der Waals surface area contributed by atoms with E-state index in [0.717, 1.165) is 12.2 Å². The number of aliphatic hydroxyl groups is 1. The molecule has 3 N–H and O–H groups in total. The molecule has 0 aliphatic heterocycles. The maximum absolute atomic E-state index is 8.57. The predicted molar refractivity (Wildman–Crippen MR) is 51.9 cm³/mol. The van der Waals surface area contributed by atoms with Crippen LogP contribution in [0, 0.1) is 0 Å². The number of nitrogens with two attached hydrogens (primary N) is 1. The van der Waals surface area contributed by atoms with Crippen molar-refractivity contribution >= 4 is 11.8 Å². The molecule has 0 bridgehead atoms. The maximum atomic E-state index is 8.57. The van der Waals surface area contributed by atoms with Crippen molar-refractivity contribution in [2.45, 2.75) is 38.0 Å². The van der Waals surface area contributed by atoms with Crippen molar-refractivity contribution in [1.82, 2.24) is 0 Å². The molecule has 0 heterocycles. The lowest BCUT2D eigenvalue weighted by Crippen LogP contribution is -2.24. The lowest BCUT2D eigenvalue weighted by atomic mass is 10.3. The number of hydrogen-bond donors (Lipinski definition) is 2. The van der Waals surface area contributed by atoms with E-state index in [4.69, 9.17) is 10.8 Å². The molecule has 2 nitrogen and oxygen atoms in total. The van der Waals surface area contributed by atoms with Gasteiger partial charge in [0.25, 0.3) is 0 Å². The Morgan fingerprint density at radius 2 is 2.18 bits per heavy atom. The average molecular weight is 177 g/mol. The standard InChI is InChI=1S/C8H19NOS/c1-3-7(2)11-6-8(9)4-5-10/h7-8,10H,3-6,9H2,1-2H3. The van der Waals surface area contributed by atoms with Crippen LogP contribution in [0.4, 0.5) is 0 Å². The smallest absolute Gasteiger partial charge is 0.0446 e. The van der Waals surface area contributed by atoms with Crippen molar-refractivity contribution in [3.63, 3.8) is 0 Å². The van der Waals surface area contributed by atoms with E-state index in [1.54, 1.807) is 0 Å². The molecule has 0 aromatic rings. The maximum Gasteiger partial charge on any atom is 0.0446 e. The van der Waals surface area contributed by atoms with Gasteiger partial charge in [-0.15, -0.1) is 0 Å². The fourth-order valence-corrected chi connectivity index (χ4v) is 1.63. The molecule has 0 saturated carbocycles. The molecular weight excluding hydrogens is 158 g/mol. The van der Waals surface area contributed by atoms with Crippen LogP contribution in [0.25, 0.3) is 0 Å². The zero-order valence-electron chi connectivity index (χ0n) is 7.42. The first-order valence-corrected chi connectivity index (χ1v) is 5.23. The van der Waals surface area contributed by atoms with Gasteiger partial charge in [-0.1, -0.05) is 13.8 Å². The van der Waals surface area contributed by atoms with Crippen LogP contribution in [0.1, 0.15) is 26.7 Å². The summed E-state index contributed by atoms with van der Waals surface area (Å²) < 4.78 is 0. The van der Waals surface area contributed by atoms with Crippen LogP contribution in [0.5, 0.6) is 0 Å². The van der Waals surface area contributed by atoms with Crippen molar-refractivity contribution in [3.8, 4) is 0 Å². The van der Waals surface area contributed by atoms with Gasteiger partial charge in [0.2, 0.25) is 0 Å². The molecule has 68 valence electrons. The molecule has 0 spiro atoms. The fraction of sp³-hybridized carbons (Fsp3) is 1.00. The second-order valence-electron chi connectivity index (χ2n) is 2.82. The van der Waals surface area contributed by atoms with Gasteiger partial charge in [-0.3, -0.25) is 0 Å². The Labute approximate surface area is 73.6 Å². The average Bonchev–Trinajstić information content (AvgIpc) is 2.01. The Hall–Kier alpha value is 0.270. The van der Waals surface area contributed by atoms with Crippen LogP contribution < -0.4 is 5.73 Å². The topological polar surface area (TPSA) is 46.2 Å². The fourth-order valence-electron chi connectivity index (χ4n) is 0.655. The summed E-state index contributed by atoms with van der Waals surface area (Å²) >= 11 is 1.89. The summed E-state index contributed by atoms with van der Waals surface area (Å²) in [6.45, 7) is 4.59. The normalized spacial score (nSPS) is 16.4. The molecule has 0 aliphatic carbocycles. The zero-order valence-corrected chi connectivity index (χ0v) is 8.23. The Morgan fingerprint density at radius 1 is 1.55 bits per heavy atom. The van der Waals surface area contributed by atoms with E-state index in [0.29, 0.717) is 5.25 Å². The van der Waals surface area contributed by atoms with Crippen LogP contribution in [-0.2, 0) is 0 Å². The summed E-state index contributed by atoms with van der Waals surface area (Å²) in [5.74, 6) is 0.968. The molecule has 3 heteroatoms. The van der Waals surface area contributed by atoms with E-state index in [1.807, 2.05) is 11.8 Å². The van der Waals surface area contributed by atoms with Crippen LogP contribution in [0.2, 0.25) is 0 Å². The lowest BCUT2D eigenvalue weighted by molar-refractivity contribution is 0.279. The van der Waals surface area contributed by atoms with Gasteiger partial charge in [0.15, 0.2) is 0 Å². The molecule has 0 aromatic carbocycles. The first kappa shape index (κ1) is 11.3. The summed E-state index contributed by atoms with van der Waals surface area (Å²) in [5.41, 5.74) is 5.71. The summed E-state index contributed by atoms with van der Waals surface area (Å²) in [7, 11) is 0. The first-order valence-electron chi connectivity index (χ1n) is 4.18. The highest BCUT2D eigenvalue weighted by atomic mass is 32.2. The summed E-state index contributed by atoms with van der Waals surface area (Å²) in [4.78, 5) is 0. The Kier molecular flexibility index (Phi) is 7.12. The largest absolute Gasteiger partial charge is 0.396 e. The minimum Gasteiger partial charge on any atom is -0.396 e. The van der Waals surface area contributed by atoms with E-state index in [-0.39, 0.29) is 12.6 Å². The summed E-state index contributed by atoms with van der Waals surface area (Å²) in [6, 6.07) is 0.166.